The van der Waals surface area contributed by atoms with Crippen LogP contribution in [0.2, 0.25) is 0 Å². The maximum absolute atomic E-state index is 10.5. The monoisotopic (exact) mass is 1060 g/mol. The molecule has 370 valence electrons. The zero-order valence-electron chi connectivity index (χ0n) is 40.4. The number of rotatable bonds is 5. The van der Waals surface area contributed by atoms with Crippen molar-refractivity contribution in [2.75, 3.05) is 26.3 Å². The molecule has 5 aromatic heterocycles. The van der Waals surface area contributed by atoms with Crippen molar-refractivity contribution in [3.63, 3.8) is 0 Å². The van der Waals surface area contributed by atoms with E-state index in [9.17, 15) is 19.5 Å². The molecule has 0 aliphatic carbocycles. The number of nitro groups is 1. The topological polar surface area (TPSA) is 204 Å². The number of aromatic nitrogens is 5. The Bertz CT molecular complexity index is 3320. The summed E-state index contributed by atoms with van der Waals surface area (Å²) < 4.78 is 14.5. The molecule has 1 saturated heterocycles. The summed E-state index contributed by atoms with van der Waals surface area (Å²) in [7, 11) is 0. The van der Waals surface area contributed by atoms with Crippen LogP contribution in [-0.2, 0) is 22.1 Å². The van der Waals surface area contributed by atoms with Gasteiger partial charge in [0.25, 0.3) is 0 Å². The number of para-hydroxylation sites is 5. The van der Waals surface area contributed by atoms with Crippen LogP contribution >= 0.6 is 38.9 Å². The maximum atomic E-state index is 10.5. The summed E-state index contributed by atoms with van der Waals surface area (Å²) in [6.45, 7) is 5.72. The summed E-state index contributed by atoms with van der Waals surface area (Å²) in [5.74, 6) is 0. The molecule has 2 aliphatic heterocycles. The van der Waals surface area contributed by atoms with Crippen LogP contribution in [0.1, 0.15) is 53.9 Å². The second-order valence-electron chi connectivity index (χ2n) is 15.7. The summed E-state index contributed by atoms with van der Waals surface area (Å²) in [6.07, 6.45) is 15.3. The quantitative estimate of drug-likeness (QED) is 0.0325. The molecular weight excluding hydrogens is 1000 g/mol. The van der Waals surface area contributed by atoms with Crippen LogP contribution in [0.5, 0.6) is 0 Å². The molecule has 5 aromatic carbocycles. The number of nitrogens with zero attached hydrogens (tertiary/aromatic N) is 2. The van der Waals surface area contributed by atoms with Gasteiger partial charge in [0.2, 0.25) is 6.20 Å². The second kappa shape index (κ2) is 30.5. The number of carbonyl (C=O) groups excluding carboxylic acids is 1. The van der Waals surface area contributed by atoms with Gasteiger partial charge >= 0.3 is 24.1 Å². The Labute approximate surface area is 456 Å². The van der Waals surface area contributed by atoms with Gasteiger partial charge in [-0.3, -0.25) is 24.5 Å². The van der Waals surface area contributed by atoms with E-state index in [2.05, 4.69) is 131 Å². The molecule has 72 heavy (non-hydrogen) atoms. The predicted molar refractivity (Wildman–Crippen MR) is 303 cm³/mol. The summed E-state index contributed by atoms with van der Waals surface area (Å²) in [5.41, 5.74) is 17.8. The number of hydrogen-bond acceptors (Lipinski definition) is 7. The summed E-state index contributed by atoms with van der Waals surface area (Å²) in [4.78, 5) is 40.4. The van der Waals surface area contributed by atoms with Gasteiger partial charge in [-0.1, -0.05) is 91.0 Å². The van der Waals surface area contributed by atoms with E-state index in [1.807, 2.05) is 79.1 Å². The average molecular weight is 1060 g/mol. The SMILES string of the molecule is C1CCOC1.CC1=NCCc2c1[nH]c1ccccc21.NCCc1c[nH]c2ccccc12.O=Cc1c[nH]c2ccccc12.O=P(Cl)(Cl)Cl.O=[N+]([O-])/C=C/c1c[nH]c2ccccc12.[AlH3].[H-].[Li+].c1ccc2[nH]ccc2c1. The van der Waals surface area contributed by atoms with Crippen molar-refractivity contribution >= 4 is 129 Å². The standard InChI is InChI=1S/C12H12N2.C10H8N2O2.C10H12N2.C9H7NO.C8H7N.C4H8O.Al.Cl3OP.Li.4H/c1-8-12-10(6-7-13-8)9-4-2-3-5-11(9)14-12;13-12(14)6-5-8-7-11-10-4-2-1-3-9(8)10;11-6-5-8-7-12-10-4-2-1-3-9(8)10;11-6-7-5-10-9-4-2-1-3-8(7)9;1-2-4-8-7(3-1)5-6-9-8;1-2-4-5-3-1;;1-5(2,3)4;;;;;/h2-5,14H,6-7H2,1H3;1-7,11H;1-4,7,12H,5-6,11H2;1-6,10H;1-6,9H;1-4H2;;;;;;;/q;;;;;;;;+1;;;;-1/b;6-5+;;;;;;;;;;;. The minimum absolute atomic E-state index is 0. The molecule has 7 N–H and O–H groups in total. The Balaban J connectivity index is 0.000000229. The van der Waals surface area contributed by atoms with Gasteiger partial charge in [-0.2, -0.15) is 0 Å². The van der Waals surface area contributed by atoms with Gasteiger partial charge in [0.1, 0.15) is 0 Å². The Hall–Kier alpha value is -5.57. The van der Waals surface area contributed by atoms with Crippen LogP contribution in [0.4, 0.5) is 0 Å². The van der Waals surface area contributed by atoms with Crippen LogP contribution in [0.25, 0.3) is 60.6 Å². The third-order valence-corrected chi connectivity index (χ3v) is 11.0. The van der Waals surface area contributed by atoms with Crippen molar-refractivity contribution in [3.05, 3.63) is 196 Å². The Kier molecular flexibility index (Phi) is 25.0. The molecule has 0 spiro atoms. The Morgan fingerprint density at radius 1 is 0.722 bits per heavy atom. The molecule has 0 unspecified atom stereocenters. The zero-order chi connectivity index (χ0) is 49.7. The molecule has 0 bridgehead atoms. The molecule has 0 atom stereocenters. The number of fused-ring (bicyclic) bond motifs is 7. The molecule has 0 saturated carbocycles. The van der Waals surface area contributed by atoms with Crippen LogP contribution in [0, 0.1) is 10.1 Å². The Morgan fingerprint density at radius 2 is 1.22 bits per heavy atom. The summed E-state index contributed by atoms with van der Waals surface area (Å²) >= 11 is 13.8. The molecular formula is C53H58AlCl3LiN8O5P. The van der Waals surface area contributed by atoms with Crippen LogP contribution in [0.15, 0.2) is 163 Å². The van der Waals surface area contributed by atoms with E-state index in [0.717, 1.165) is 83.7 Å². The van der Waals surface area contributed by atoms with Gasteiger partial charge in [0.15, 0.2) is 23.6 Å². The summed E-state index contributed by atoms with van der Waals surface area (Å²) in [6, 6.07) is 42.4. The third kappa shape index (κ3) is 18.2. The smallest absolute Gasteiger partial charge is 1.00 e. The average Bonchev–Trinajstić information content (AvgIpc) is 4.24. The molecule has 12 rings (SSSR count). The van der Waals surface area contributed by atoms with Crippen molar-refractivity contribution in [3.8, 4) is 0 Å². The number of carbonyl (C=O) groups is 1. The van der Waals surface area contributed by atoms with Crippen molar-refractivity contribution in [1.82, 2.24) is 24.9 Å². The van der Waals surface area contributed by atoms with Crippen molar-refractivity contribution < 1.29 is 39.3 Å². The number of nitrogens with two attached hydrogens (primary N) is 1. The number of aromatic amines is 5. The zero-order valence-corrected chi connectivity index (χ0v) is 42.6. The summed E-state index contributed by atoms with van der Waals surface area (Å²) in [5, 5.41) is 12.8. The first-order valence-corrected chi connectivity index (χ1v) is 26.9. The molecule has 0 amide bonds. The minimum atomic E-state index is -3.22. The van der Waals surface area contributed by atoms with E-state index in [-0.39, 0.29) is 37.6 Å². The van der Waals surface area contributed by atoms with Gasteiger partial charge in [0, 0.05) is 111 Å². The number of halogens is 3. The van der Waals surface area contributed by atoms with Crippen molar-refractivity contribution in [1.29, 1.82) is 0 Å². The molecule has 7 heterocycles. The number of aldehydes is 1. The second-order valence-corrected chi connectivity index (χ2v) is 22.4. The van der Waals surface area contributed by atoms with Crippen molar-refractivity contribution in [2.45, 2.75) is 32.6 Å². The van der Waals surface area contributed by atoms with Gasteiger partial charge in [-0.25, -0.2) is 0 Å². The van der Waals surface area contributed by atoms with E-state index < -0.39 is 10.1 Å². The van der Waals surface area contributed by atoms with E-state index in [4.69, 9.17) is 10.5 Å². The minimum Gasteiger partial charge on any atom is -1.00 e. The fourth-order valence-corrected chi connectivity index (χ4v) is 7.75. The van der Waals surface area contributed by atoms with E-state index in [1.54, 1.807) is 12.4 Å². The largest absolute Gasteiger partial charge is 1.00 e. The normalized spacial score (nSPS) is 12.3. The van der Waals surface area contributed by atoms with Gasteiger partial charge in [0.05, 0.1) is 16.3 Å². The van der Waals surface area contributed by atoms with E-state index in [1.165, 1.54) is 68.4 Å². The first-order valence-electron chi connectivity index (χ1n) is 22.5. The predicted octanol–water partition coefficient (Wildman–Crippen LogP) is 10.3. The van der Waals surface area contributed by atoms with Crippen LogP contribution in [-0.4, -0.2) is 85.5 Å². The van der Waals surface area contributed by atoms with E-state index in [0.29, 0.717) is 6.54 Å². The van der Waals surface area contributed by atoms with Gasteiger partial charge in [-0.05, 0) is 126 Å². The molecule has 19 heteroatoms. The first kappa shape index (κ1) is 59.0. The molecule has 13 nitrogen and oxygen atoms in total. The van der Waals surface area contributed by atoms with Crippen LogP contribution < -0.4 is 24.6 Å². The third-order valence-electron chi connectivity index (χ3n) is 11.0. The number of H-pyrrole nitrogens is 5. The molecule has 10 aromatic rings. The number of benzene rings is 5. The number of aliphatic imine (C=N–C) groups is 1. The maximum Gasteiger partial charge on any atom is 1.00 e. The molecule has 0 radical (unpaired) electrons. The van der Waals surface area contributed by atoms with Gasteiger partial charge in [-0.15, -0.1) is 0 Å². The fourth-order valence-electron chi connectivity index (χ4n) is 7.75. The molecule has 1 fully saturated rings. The van der Waals surface area contributed by atoms with Crippen LogP contribution in [0.3, 0.4) is 0 Å². The fraction of sp³-hybridized carbons (Fsp3) is 0.170. The molecule has 2 aliphatic rings. The number of ether oxygens (including phenoxy) is 1. The Morgan fingerprint density at radius 3 is 1.78 bits per heavy atom. The van der Waals surface area contributed by atoms with Gasteiger partial charge < -0.3 is 36.8 Å². The van der Waals surface area contributed by atoms with Crippen molar-refractivity contribution in [2.24, 2.45) is 10.7 Å². The van der Waals surface area contributed by atoms with E-state index >= 15 is 0 Å². The number of nitrogens with one attached hydrogen (secondary N) is 5. The number of hydrogen-bond donors (Lipinski definition) is 6. The first-order chi connectivity index (χ1) is 33.9.